The van der Waals surface area contributed by atoms with Crippen LogP contribution in [0.1, 0.15) is 17.3 Å². The summed E-state index contributed by atoms with van der Waals surface area (Å²) in [5.41, 5.74) is -0.124. The summed E-state index contributed by atoms with van der Waals surface area (Å²) < 4.78 is 49.7. The summed E-state index contributed by atoms with van der Waals surface area (Å²) in [4.78, 5) is 11.5. The van der Waals surface area contributed by atoms with Crippen LogP contribution in [0.25, 0.3) is 0 Å². The van der Waals surface area contributed by atoms with Crippen molar-refractivity contribution in [2.75, 3.05) is 13.7 Å². The van der Waals surface area contributed by atoms with Gasteiger partial charge in [-0.25, -0.2) is 4.79 Å². The number of alkyl halides is 3. The summed E-state index contributed by atoms with van der Waals surface area (Å²) in [6.07, 6.45) is -4.86. The Kier molecular flexibility index (Phi) is 4.41. The predicted octanol–water partition coefficient (Wildman–Crippen LogP) is 2.77. The first-order valence-electron chi connectivity index (χ1n) is 4.99. The van der Waals surface area contributed by atoms with Gasteiger partial charge in [-0.05, 0) is 19.1 Å². The molecule has 1 rings (SSSR count). The maximum absolute atomic E-state index is 12.1. The molecule has 0 aliphatic rings. The third kappa shape index (κ3) is 3.54. The Balaban J connectivity index is 3.14. The van der Waals surface area contributed by atoms with Crippen LogP contribution in [0.5, 0.6) is 11.5 Å². The predicted molar refractivity (Wildman–Crippen MR) is 55.6 cm³/mol. The standard InChI is InChI=1S/C11H11F3O4/c1-3-17-10(15)7-5-4-6-8(9(7)16-2)18-11(12,13)14/h4-6H,3H2,1-2H3. The largest absolute Gasteiger partial charge is 0.573 e. The van der Waals surface area contributed by atoms with E-state index < -0.39 is 18.1 Å². The quantitative estimate of drug-likeness (QED) is 0.784. The molecule has 0 saturated carbocycles. The Morgan fingerprint density at radius 3 is 2.50 bits per heavy atom. The maximum atomic E-state index is 12.1. The van der Waals surface area contributed by atoms with Gasteiger partial charge in [0.1, 0.15) is 5.56 Å². The van der Waals surface area contributed by atoms with Gasteiger partial charge < -0.3 is 14.2 Å². The van der Waals surface area contributed by atoms with E-state index in [1.807, 2.05) is 0 Å². The molecule has 0 heterocycles. The molecule has 0 unspecified atom stereocenters. The highest BCUT2D eigenvalue weighted by molar-refractivity contribution is 5.93. The number of hydrogen-bond donors (Lipinski definition) is 0. The van der Waals surface area contributed by atoms with Gasteiger partial charge in [0.2, 0.25) is 0 Å². The Hall–Kier alpha value is -1.92. The van der Waals surface area contributed by atoms with Crippen molar-refractivity contribution < 1.29 is 32.2 Å². The Morgan fingerprint density at radius 2 is 2.00 bits per heavy atom. The topological polar surface area (TPSA) is 44.8 Å². The van der Waals surface area contributed by atoms with Crippen molar-refractivity contribution in [2.45, 2.75) is 13.3 Å². The molecule has 0 amide bonds. The fraction of sp³-hybridized carbons (Fsp3) is 0.364. The molecular weight excluding hydrogens is 253 g/mol. The molecule has 4 nitrogen and oxygen atoms in total. The summed E-state index contributed by atoms with van der Waals surface area (Å²) in [7, 11) is 1.14. The number of para-hydroxylation sites is 1. The monoisotopic (exact) mass is 264 g/mol. The maximum Gasteiger partial charge on any atom is 0.573 e. The summed E-state index contributed by atoms with van der Waals surface area (Å²) in [6, 6.07) is 3.59. The first-order valence-corrected chi connectivity index (χ1v) is 4.99. The fourth-order valence-electron chi connectivity index (χ4n) is 1.30. The van der Waals surface area contributed by atoms with E-state index in [1.165, 1.54) is 12.1 Å². The van der Waals surface area contributed by atoms with Crippen LogP contribution in [0, 0.1) is 0 Å². The van der Waals surface area contributed by atoms with Crippen molar-refractivity contribution in [1.29, 1.82) is 0 Å². The van der Waals surface area contributed by atoms with Crippen molar-refractivity contribution in [2.24, 2.45) is 0 Å². The highest BCUT2D eigenvalue weighted by Crippen LogP contribution is 2.35. The van der Waals surface area contributed by atoms with Crippen LogP contribution in [0.2, 0.25) is 0 Å². The highest BCUT2D eigenvalue weighted by atomic mass is 19.4. The SMILES string of the molecule is CCOC(=O)c1cccc(OC(F)(F)F)c1OC. The number of halogens is 3. The number of carbonyl (C=O) groups excluding carboxylic acids is 1. The smallest absolute Gasteiger partial charge is 0.492 e. The zero-order chi connectivity index (χ0) is 13.8. The minimum atomic E-state index is -4.86. The van der Waals surface area contributed by atoms with Gasteiger partial charge in [0.05, 0.1) is 13.7 Å². The number of methoxy groups -OCH3 is 1. The number of carbonyl (C=O) groups is 1. The van der Waals surface area contributed by atoms with E-state index in [0.29, 0.717) is 0 Å². The van der Waals surface area contributed by atoms with Gasteiger partial charge in [0, 0.05) is 0 Å². The molecule has 0 bridgehead atoms. The van der Waals surface area contributed by atoms with Crippen molar-refractivity contribution in [3.63, 3.8) is 0 Å². The molecule has 1 aromatic rings. The van der Waals surface area contributed by atoms with Crippen molar-refractivity contribution in [3.8, 4) is 11.5 Å². The molecule has 0 spiro atoms. The third-order valence-electron chi connectivity index (χ3n) is 1.90. The van der Waals surface area contributed by atoms with Crippen LogP contribution in [0.15, 0.2) is 18.2 Å². The van der Waals surface area contributed by atoms with E-state index in [4.69, 9.17) is 9.47 Å². The lowest BCUT2D eigenvalue weighted by atomic mass is 10.2. The average molecular weight is 264 g/mol. The van der Waals surface area contributed by atoms with E-state index in [2.05, 4.69) is 4.74 Å². The summed E-state index contributed by atoms with van der Waals surface area (Å²) in [5, 5.41) is 0. The number of hydrogen-bond acceptors (Lipinski definition) is 4. The number of esters is 1. The first kappa shape index (κ1) is 14.1. The first-order chi connectivity index (χ1) is 8.39. The number of rotatable bonds is 4. The van der Waals surface area contributed by atoms with Gasteiger partial charge in [-0.2, -0.15) is 0 Å². The van der Waals surface area contributed by atoms with Crippen LogP contribution >= 0.6 is 0 Å². The summed E-state index contributed by atoms with van der Waals surface area (Å²) in [5.74, 6) is -1.68. The van der Waals surface area contributed by atoms with E-state index in [9.17, 15) is 18.0 Å². The second kappa shape index (κ2) is 5.61. The molecule has 0 N–H and O–H groups in total. The fourth-order valence-corrected chi connectivity index (χ4v) is 1.30. The van der Waals surface area contributed by atoms with Crippen LogP contribution in [-0.2, 0) is 4.74 Å². The van der Waals surface area contributed by atoms with Gasteiger partial charge >= 0.3 is 12.3 Å². The average Bonchev–Trinajstić information content (AvgIpc) is 2.27. The third-order valence-corrected chi connectivity index (χ3v) is 1.90. The van der Waals surface area contributed by atoms with Gasteiger partial charge in [-0.15, -0.1) is 13.2 Å². The molecule has 7 heteroatoms. The lowest BCUT2D eigenvalue weighted by Crippen LogP contribution is -2.18. The lowest BCUT2D eigenvalue weighted by Gasteiger charge is -2.14. The van der Waals surface area contributed by atoms with Crippen LogP contribution in [0.3, 0.4) is 0 Å². The zero-order valence-corrected chi connectivity index (χ0v) is 9.71. The molecule has 0 aromatic heterocycles. The molecule has 0 aliphatic heterocycles. The van der Waals surface area contributed by atoms with Gasteiger partial charge in [0.15, 0.2) is 11.5 Å². The van der Waals surface area contributed by atoms with Crippen molar-refractivity contribution in [3.05, 3.63) is 23.8 Å². The van der Waals surface area contributed by atoms with Crippen molar-refractivity contribution in [1.82, 2.24) is 0 Å². The van der Waals surface area contributed by atoms with Crippen LogP contribution < -0.4 is 9.47 Å². The second-order valence-electron chi connectivity index (χ2n) is 3.11. The normalized spacial score (nSPS) is 10.9. The van der Waals surface area contributed by atoms with E-state index in [-0.39, 0.29) is 17.9 Å². The molecule has 0 fully saturated rings. The minimum Gasteiger partial charge on any atom is -0.492 e. The highest BCUT2D eigenvalue weighted by Gasteiger charge is 2.33. The molecule has 1 aromatic carbocycles. The summed E-state index contributed by atoms with van der Waals surface area (Å²) >= 11 is 0. The second-order valence-corrected chi connectivity index (χ2v) is 3.11. The van der Waals surface area contributed by atoms with Gasteiger partial charge in [-0.1, -0.05) is 6.07 Å². The van der Waals surface area contributed by atoms with Crippen LogP contribution in [0.4, 0.5) is 13.2 Å². The number of benzene rings is 1. The molecule has 0 saturated heterocycles. The van der Waals surface area contributed by atoms with E-state index >= 15 is 0 Å². The minimum absolute atomic E-state index is 0.104. The molecule has 100 valence electrons. The van der Waals surface area contributed by atoms with Crippen molar-refractivity contribution >= 4 is 5.97 Å². The Bertz CT molecular complexity index is 429. The Morgan fingerprint density at radius 1 is 1.33 bits per heavy atom. The summed E-state index contributed by atoms with van der Waals surface area (Å²) in [6.45, 7) is 1.69. The molecule has 0 aliphatic carbocycles. The van der Waals surface area contributed by atoms with Gasteiger partial charge in [0.25, 0.3) is 0 Å². The zero-order valence-electron chi connectivity index (χ0n) is 9.71. The molecular formula is C11H11F3O4. The van der Waals surface area contributed by atoms with E-state index in [0.717, 1.165) is 13.2 Å². The number of ether oxygens (including phenoxy) is 3. The molecule has 0 atom stereocenters. The lowest BCUT2D eigenvalue weighted by molar-refractivity contribution is -0.275. The Labute approximate surface area is 101 Å². The van der Waals surface area contributed by atoms with Crippen LogP contribution in [-0.4, -0.2) is 26.0 Å². The molecule has 0 radical (unpaired) electrons. The molecule has 18 heavy (non-hydrogen) atoms. The van der Waals surface area contributed by atoms with E-state index in [1.54, 1.807) is 6.92 Å². The van der Waals surface area contributed by atoms with Gasteiger partial charge in [-0.3, -0.25) is 0 Å².